The summed E-state index contributed by atoms with van der Waals surface area (Å²) in [4.78, 5) is 2.68. The molecule has 0 amide bonds. The van der Waals surface area contributed by atoms with Crippen LogP contribution in [0.15, 0.2) is 73.6 Å². The van der Waals surface area contributed by atoms with Crippen molar-refractivity contribution in [3.8, 4) is 0 Å². The van der Waals surface area contributed by atoms with Gasteiger partial charge in [0.15, 0.2) is 37.2 Å². The molecule has 0 saturated carbocycles. The van der Waals surface area contributed by atoms with Crippen LogP contribution in [0.25, 0.3) is 0 Å². The van der Waals surface area contributed by atoms with Crippen LogP contribution in [-0.4, -0.2) is 4.90 Å². The molecule has 0 radical (unpaired) electrons. The van der Waals surface area contributed by atoms with Crippen LogP contribution in [0.1, 0.15) is 269 Å². The van der Waals surface area contributed by atoms with E-state index in [4.69, 9.17) is 0 Å². The third-order valence-corrected chi connectivity index (χ3v) is 13.8. The van der Waals surface area contributed by atoms with E-state index >= 15 is 0 Å². The molecule has 0 aliphatic rings. The fraction of sp³-hybridized carbons (Fsp3) is 0.750. The Morgan fingerprint density at radius 2 is 0.484 bits per heavy atom. The van der Waals surface area contributed by atoms with E-state index in [1.807, 2.05) is 0 Å². The molecule has 3 heterocycles. The molecule has 0 N–H and O–H groups in total. The first-order valence-corrected chi connectivity index (χ1v) is 28.4. The molecule has 0 aliphatic heterocycles. The predicted molar refractivity (Wildman–Crippen MR) is 276 cm³/mol. The second kappa shape index (κ2) is 40.7. The molecule has 3 rings (SSSR count). The lowest BCUT2D eigenvalue weighted by Gasteiger charge is -2.21. The topological polar surface area (TPSA) is 14.9 Å². The number of aromatic nitrogens is 3. The van der Waals surface area contributed by atoms with Gasteiger partial charge in [-0.3, -0.25) is 4.90 Å². The van der Waals surface area contributed by atoms with Crippen molar-refractivity contribution in [3.63, 3.8) is 0 Å². The third-order valence-electron chi connectivity index (χ3n) is 13.8. The minimum Gasteiger partial charge on any atom is -0.290 e. The van der Waals surface area contributed by atoms with Crippen LogP contribution in [0.3, 0.4) is 0 Å². The molecule has 4 heteroatoms. The quantitative estimate of drug-likeness (QED) is 0.0408. The molecule has 64 heavy (non-hydrogen) atoms. The van der Waals surface area contributed by atoms with E-state index in [2.05, 4.69) is 113 Å². The van der Waals surface area contributed by atoms with E-state index in [1.54, 1.807) is 0 Å². The van der Waals surface area contributed by atoms with Crippen molar-refractivity contribution in [1.29, 1.82) is 0 Å². The normalized spacial score (nSPS) is 11.6. The molecule has 0 aliphatic carbocycles. The van der Waals surface area contributed by atoms with Crippen molar-refractivity contribution >= 4 is 0 Å². The SMILES string of the molecule is CCCCCCCCCCCCCC[n+]1cccc(CN(Cc2ccc[n+](CCCCCCCCCCCCCC)c2)Cc2ccc[n+](CCCCCCCCCCCCCC)c2)c1. The molecule has 0 aromatic carbocycles. The smallest absolute Gasteiger partial charge is 0.173 e. The summed E-state index contributed by atoms with van der Waals surface area (Å²) in [6, 6.07) is 13.9. The van der Waals surface area contributed by atoms with Crippen LogP contribution < -0.4 is 13.7 Å². The largest absolute Gasteiger partial charge is 0.290 e. The summed E-state index contributed by atoms with van der Waals surface area (Å²) in [5.74, 6) is 0. The molecule has 0 saturated heterocycles. The Hall–Kier alpha value is -2.59. The maximum atomic E-state index is 2.68. The zero-order valence-electron chi connectivity index (χ0n) is 42.9. The molecule has 3 aromatic heterocycles. The van der Waals surface area contributed by atoms with Gasteiger partial charge in [0.1, 0.15) is 19.6 Å². The lowest BCUT2D eigenvalue weighted by molar-refractivity contribution is -0.697. The molecule has 3 aromatic rings. The van der Waals surface area contributed by atoms with Gasteiger partial charge in [-0.25, -0.2) is 13.7 Å². The molecular formula is C60H105N4+3. The monoisotopic (exact) mass is 882 g/mol. The Bertz CT molecular complexity index is 1290. The first-order valence-electron chi connectivity index (χ1n) is 28.4. The molecule has 0 bridgehead atoms. The Morgan fingerprint density at radius 3 is 0.703 bits per heavy atom. The van der Waals surface area contributed by atoms with E-state index in [0.29, 0.717) is 0 Å². The van der Waals surface area contributed by atoms with Crippen LogP contribution in [0, 0.1) is 0 Å². The Morgan fingerprint density at radius 1 is 0.281 bits per heavy atom. The average Bonchev–Trinajstić information content (AvgIpc) is 3.30. The number of unbranched alkanes of at least 4 members (excludes halogenated alkanes) is 33. The minimum absolute atomic E-state index is 0.959. The zero-order chi connectivity index (χ0) is 45.2. The molecule has 0 atom stereocenters. The van der Waals surface area contributed by atoms with Gasteiger partial charge in [0, 0.05) is 73.8 Å². The first kappa shape index (κ1) is 55.7. The lowest BCUT2D eigenvalue weighted by Crippen LogP contribution is -2.36. The van der Waals surface area contributed by atoms with Gasteiger partial charge < -0.3 is 0 Å². The highest BCUT2D eigenvalue weighted by Crippen LogP contribution is 2.16. The number of aryl methyl sites for hydroxylation is 3. The number of nitrogens with zero attached hydrogens (tertiary/aromatic N) is 4. The highest BCUT2D eigenvalue weighted by molar-refractivity contribution is 5.11. The van der Waals surface area contributed by atoms with Gasteiger partial charge in [-0.2, -0.15) is 0 Å². The predicted octanol–water partition coefficient (Wildman–Crippen LogP) is 16.9. The fourth-order valence-electron chi connectivity index (χ4n) is 9.77. The molecule has 0 unspecified atom stereocenters. The van der Waals surface area contributed by atoms with Crippen LogP contribution in [0.5, 0.6) is 0 Å². The number of hydrogen-bond donors (Lipinski definition) is 0. The van der Waals surface area contributed by atoms with E-state index in [0.717, 1.165) is 39.3 Å². The van der Waals surface area contributed by atoms with Crippen molar-refractivity contribution in [2.75, 3.05) is 0 Å². The number of hydrogen-bond acceptors (Lipinski definition) is 1. The Kier molecular flexibility index (Phi) is 35.4. The van der Waals surface area contributed by atoms with Gasteiger partial charge in [-0.15, -0.1) is 0 Å². The minimum atomic E-state index is 0.959. The van der Waals surface area contributed by atoms with Crippen LogP contribution in [-0.2, 0) is 39.3 Å². The molecular weight excluding hydrogens is 777 g/mol. The van der Waals surface area contributed by atoms with Gasteiger partial charge in [0.2, 0.25) is 0 Å². The van der Waals surface area contributed by atoms with Crippen molar-refractivity contribution in [1.82, 2.24) is 4.90 Å². The highest BCUT2D eigenvalue weighted by Gasteiger charge is 2.15. The molecule has 362 valence electrons. The third kappa shape index (κ3) is 30.6. The fourth-order valence-corrected chi connectivity index (χ4v) is 9.77. The number of rotatable bonds is 45. The highest BCUT2D eigenvalue weighted by atomic mass is 15.1. The summed E-state index contributed by atoms with van der Waals surface area (Å²) < 4.78 is 7.38. The summed E-state index contributed by atoms with van der Waals surface area (Å²) in [5, 5.41) is 0. The lowest BCUT2D eigenvalue weighted by atomic mass is 10.1. The van der Waals surface area contributed by atoms with E-state index in [1.165, 1.54) is 248 Å². The van der Waals surface area contributed by atoms with Crippen molar-refractivity contribution in [2.24, 2.45) is 0 Å². The summed E-state index contributed by atoms with van der Waals surface area (Å²) in [5.41, 5.74) is 4.26. The van der Waals surface area contributed by atoms with Gasteiger partial charge in [0.05, 0.1) is 0 Å². The summed E-state index contributed by atoms with van der Waals surface area (Å²) >= 11 is 0. The summed E-state index contributed by atoms with van der Waals surface area (Å²) in [6.45, 7) is 13.2. The molecule has 4 nitrogen and oxygen atoms in total. The van der Waals surface area contributed by atoms with Gasteiger partial charge in [0.25, 0.3) is 0 Å². The van der Waals surface area contributed by atoms with Crippen LogP contribution >= 0.6 is 0 Å². The van der Waals surface area contributed by atoms with Gasteiger partial charge in [-0.05, 0) is 37.5 Å². The van der Waals surface area contributed by atoms with E-state index in [9.17, 15) is 0 Å². The van der Waals surface area contributed by atoms with Crippen molar-refractivity contribution in [3.05, 3.63) is 90.3 Å². The summed E-state index contributed by atoms with van der Waals surface area (Å²) in [6.07, 6.45) is 64.6. The molecule has 0 spiro atoms. The standard InChI is InChI=1S/C60H105N4/c1-4-7-10-13-16-19-22-25-28-31-34-37-46-61-49-40-43-58(52-61)55-64(56-59-44-41-50-62(53-59)47-38-35-32-29-26-23-20-17-14-11-8-5-2)57-60-45-42-51-63(54-60)48-39-36-33-30-27-24-21-18-15-12-9-6-3/h40-45,49-54H,4-39,46-48,55-57H2,1-3H3/q+3. The summed E-state index contributed by atoms with van der Waals surface area (Å²) in [7, 11) is 0. The van der Waals surface area contributed by atoms with Gasteiger partial charge >= 0.3 is 0 Å². The van der Waals surface area contributed by atoms with E-state index < -0.39 is 0 Å². The second-order valence-corrected chi connectivity index (χ2v) is 20.2. The van der Waals surface area contributed by atoms with Gasteiger partial charge in [-0.1, -0.05) is 213 Å². The number of pyridine rings is 3. The second-order valence-electron chi connectivity index (χ2n) is 20.2. The van der Waals surface area contributed by atoms with Crippen molar-refractivity contribution in [2.45, 2.75) is 291 Å². The average molecular weight is 883 g/mol. The maximum Gasteiger partial charge on any atom is 0.173 e. The van der Waals surface area contributed by atoms with E-state index in [-0.39, 0.29) is 0 Å². The van der Waals surface area contributed by atoms with Crippen molar-refractivity contribution < 1.29 is 13.7 Å². The Labute approximate surface area is 398 Å². The first-order chi connectivity index (χ1) is 31.7. The maximum absolute atomic E-state index is 2.68. The Balaban J connectivity index is 1.48. The zero-order valence-corrected chi connectivity index (χ0v) is 42.9. The van der Waals surface area contributed by atoms with Crippen LogP contribution in [0.4, 0.5) is 0 Å². The van der Waals surface area contributed by atoms with Crippen LogP contribution in [0.2, 0.25) is 0 Å². The molecule has 0 fully saturated rings.